The molecule has 0 radical (unpaired) electrons. The molecule has 2 heterocycles. The van der Waals surface area contributed by atoms with E-state index < -0.39 is 11.9 Å². The van der Waals surface area contributed by atoms with Crippen molar-refractivity contribution in [3.05, 3.63) is 78.1 Å². The maximum atomic E-state index is 14.0. The van der Waals surface area contributed by atoms with Crippen molar-refractivity contribution in [1.29, 1.82) is 5.26 Å². The normalized spacial score (nSPS) is 11.4. The Morgan fingerprint density at radius 1 is 1.20 bits per heavy atom. The Labute approximate surface area is 171 Å². The molecule has 0 aliphatic carbocycles. The minimum absolute atomic E-state index is 0.105. The topological polar surface area (TPSA) is 81.0 Å². The number of furan rings is 1. The third-order valence-corrected chi connectivity index (χ3v) is 4.43. The standard InChI is InChI=1S/C23H16FN3O3/c1-2-29-23(28)27-20-10-6-5-9-19(20)26-22(27)15(14-25)13-16-11-12-21(30-16)17-7-3-4-8-18(17)24/h3-13H,2H2,1H3. The summed E-state index contributed by atoms with van der Waals surface area (Å²) in [6, 6.07) is 18.6. The highest BCUT2D eigenvalue weighted by atomic mass is 19.1. The van der Waals surface area contributed by atoms with Crippen LogP contribution in [0.4, 0.5) is 9.18 Å². The molecular weight excluding hydrogens is 385 g/mol. The largest absolute Gasteiger partial charge is 0.457 e. The number of benzene rings is 2. The first-order valence-corrected chi connectivity index (χ1v) is 9.24. The molecule has 4 aromatic rings. The van der Waals surface area contributed by atoms with Crippen molar-refractivity contribution in [2.45, 2.75) is 6.92 Å². The number of imidazole rings is 1. The lowest BCUT2D eigenvalue weighted by atomic mass is 10.1. The van der Waals surface area contributed by atoms with E-state index in [0.29, 0.717) is 28.1 Å². The van der Waals surface area contributed by atoms with E-state index >= 15 is 0 Å². The van der Waals surface area contributed by atoms with E-state index in [1.807, 2.05) is 0 Å². The number of nitrogens with zero attached hydrogens (tertiary/aromatic N) is 3. The van der Waals surface area contributed by atoms with E-state index in [-0.39, 0.29) is 18.0 Å². The summed E-state index contributed by atoms with van der Waals surface area (Å²) in [5.41, 5.74) is 1.50. The molecule has 6 nitrogen and oxygen atoms in total. The van der Waals surface area contributed by atoms with Crippen LogP contribution in [0.1, 0.15) is 18.5 Å². The molecule has 0 unspecified atom stereocenters. The number of carbonyl (C=O) groups excluding carboxylic acids is 1. The summed E-state index contributed by atoms with van der Waals surface area (Å²) in [6.07, 6.45) is 0.829. The van der Waals surface area contributed by atoms with Gasteiger partial charge in [0.25, 0.3) is 0 Å². The van der Waals surface area contributed by atoms with E-state index in [2.05, 4.69) is 11.1 Å². The van der Waals surface area contributed by atoms with Crippen LogP contribution in [0.25, 0.3) is 34.0 Å². The van der Waals surface area contributed by atoms with E-state index in [4.69, 9.17) is 9.15 Å². The van der Waals surface area contributed by atoms with Crippen molar-refractivity contribution in [3.63, 3.8) is 0 Å². The van der Waals surface area contributed by atoms with Gasteiger partial charge in [0.1, 0.15) is 23.4 Å². The monoisotopic (exact) mass is 401 g/mol. The maximum Gasteiger partial charge on any atom is 0.420 e. The molecule has 30 heavy (non-hydrogen) atoms. The Morgan fingerprint density at radius 3 is 2.73 bits per heavy atom. The van der Waals surface area contributed by atoms with Gasteiger partial charge in [-0.3, -0.25) is 0 Å². The van der Waals surface area contributed by atoms with Crippen molar-refractivity contribution in [1.82, 2.24) is 9.55 Å². The molecule has 0 atom stereocenters. The van der Waals surface area contributed by atoms with Crippen molar-refractivity contribution in [2.24, 2.45) is 0 Å². The zero-order valence-electron chi connectivity index (χ0n) is 16.0. The minimum atomic E-state index is -0.631. The molecule has 0 bridgehead atoms. The number of fused-ring (bicyclic) bond motifs is 1. The van der Waals surface area contributed by atoms with Crippen LogP contribution in [0.5, 0.6) is 0 Å². The lowest BCUT2D eigenvalue weighted by Gasteiger charge is -2.06. The van der Waals surface area contributed by atoms with E-state index in [9.17, 15) is 14.4 Å². The lowest BCUT2D eigenvalue weighted by molar-refractivity contribution is 0.154. The van der Waals surface area contributed by atoms with Crippen LogP contribution in [0, 0.1) is 17.1 Å². The van der Waals surface area contributed by atoms with Gasteiger partial charge in [0.15, 0.2) is 5.82 Å². The highest BCUT2D eigenvalue weighted by molar-refractivity contribution is 5.96. The third kappa shape index (κ3) is 3.47. The van der Waals surface area contributed by atoms with Crippen molar-refractivity contribution < 1.29 is 18.3 Å². The van der Waals surface area contributed by atoms with Gasteiger partial charge < -0.3 is 9.15 Å². The second-order valence-corrected chi connectivity index (χ2v) is 6.31. The van der Waals surface area contributed by atoms with Crippen LogP contribution in [-0.2, 0) is 4.74 Å². The summed E-state index contributed by atoms with van der Waals surface area (Å²) in [5, 5.41) is 9.74. The van der Waals surface area contributed by atoms with Crippen LogP contribution < -0.4 is 0 Å². The van der Waals surface area contributed by atoms with Crippen molar-refractivity contribution >= 4 is 28.8 Å². The zero-order valence-corrected chi connectivity index (χ0v) is 16.0. The number of rotatable bonds is 4. The molecule has 0 N–H and O–H groups in total. The Morgan fingerprint density at radius 2 is 1.97 bits per heavy atom. The van der Waals surface area contributed by atoms with E-state index in [1.54, 1.807) is 61.5 Å². The number of nitriles is 1. The molecule has 0 saturated carbocycles. The number of hydrogen-bond donors (Lipinski definition) is 0. The predicted molar refractivity (Wildman–Crippen MR) is 110 cm³/mol. The SMILES string of the molecule is CCOC(=O)n1c(C(C#N)=Cc2ccc(-c3ccccc3F)o2)nc2ccccc21. The van der Waals surface area contributed by atoms with Gasteiger partial charge in [0.2, 0.25) is 0 Å². The van der Waals surface area contributed by atoms with Gasteiger partial charge in [-0.15, -0.1) is 0 Å². The maximum absolute atomic E-state index is 14.0. The first-order valence-electron chi connectivity index (χ1n) is 9.24. The smallest absolute Gasteiger partial charge is 0.420 e. The van der Waals surface area contributed by atoms with Gasteiger partial charge in [0.05, 0.1) is 28.8 Å². The summed E-state index contributed by atoms with van der Waals surface area (Å²) in [6.45, 7) is 1.88. The fourth-order valence-corrected chi connectivity index (χ4v) is 3.10. The van der Waals surface area contributed by atoms with Crippen LogP contribution in [-0.4, -0.2) is 22.3 Å². The highest BCUT2D eigenvalue weighted by Gasteiger charge is 2.21. The molecule has 0 aliphatic heterocycles. The van der Waals surface area contributed by atoms with Gasteiger partial charge in [-0.1, -0.05) is 24.3 Å². The molecule has 0 saturated heterocycles. The molecule has 148 valence electrons. The highest BCUT2D eigenvalue weighted by Crippen LogP contribution is 2.28. The van der Waals surface area contributed by atoms with Crippen LogP contribution in [0.3, 0.4) is 0 Å². The van der Waals surface area contributed by atoms with E-state index in [1.165, 1.54) is 16.7 Å². The average Bonchev–Trinajstić information content (AvgIpc) is 3.37. The Kier molecular flexibility index (Phi) is 5.14. The van der Waals surface area contributed by atoms with Gasteiger partial charge in [-0.25, -0.2) is 18.7 Å². The number of halogens is 1. The van der Waals surface area contributed by atoms with Gasteiger partial charge in [-0.05, 0) is 43.3 Å². The lowest BCUT2D eigenvalue weighted by Crippen LogP contribution is -2.16. The summed E-state index contributed by atoms with van der Waals surface area (Å²) < 4.78 is 26.1. The predicted octanol–water partition coefficient (Wildman–Crippen LogP) is 5.50. The Balaban J connectivity index is 1.80. The van der Waals surface area contributed by atoms with Crippen LogP contribution >= 0.6 is 0 Å². The number of aromatic nitrogens is 2. The zero-order chi connectivity index (χ0) is 21.1. The fraction of sp³-hybridized carbons (Fsp3) is 0.0870. The molecule has 0 aliphatic rings. The second kappa shape index (κ2) is 8.05. The van der Waals surface area contributed by atoms with Gasteiger partial charge in [-0.2, -0.15) is 5.26 Å². The number of para-hydroxylation sites is 2. The summed E-state index contributed by atoms with van der Waals surface area (Å²) in [7, 11) is 0. The third-order valence-electron chi connectivity index (χ3n) is 4.43. The second-order valence-electron chi connectivity index (χ2n) is 6.31. The molecule has 2 aromatic carbocycles. The summed E-state index contributed by atoms with van der Waals surface area (Å²) >= 11 is 0. The minimum Gasteiger partial charge on any atom is -0.457 e. The number of allylic oxidation sites excluding steroid dienone is 1. The van der Waals surface area contributed by atoms with Crippen molar-refractivity contribution in [3.8, 4) is 17.4 Å². The molecular formula is C23H16FN3O3. The Hall–Kier alpha value is -4.18. The van der Waals surface area contributed by atoms with Gasteiger partial charge >= 0.3 is 6.09 Å². The van der Waals surface area contributed by atoms with Crippen molar-refractivity contribution in [2.75, 3.05) is 6.61 Å². The number of ether oxygens (including phenoxy) is 1. The first-order chi connectivity index (χ1) is 14.6. The molecule has 2 aromatic heterocycles. The fourth-order valence-electron chi connectivity index (χ4n) is 3.10. The summed E-state index contributed by atoms with van der Waals surface area (Å²) in [5.74, 6) is 0.385. The summed E-state index contributed by atoms with van der Waals surface area (Å²) in [4.78, 5) is 17.0. The van der Waals surface area contributed by atoms with Crippen LogP contribution in [0.15, 0.2) is 65.1 Å². The Bertz CT molecular complexity index is 1310. The first kappa shape index (κ1) is 19.2. The van der Waals surface area contributed by atoms with Crippen LogP contribution in [0.2, 0.25) is 0 Å². The molecule has 7 heteroatoms. The quantitative estimate of drug-likeness (QED) is 0.422. The number of hydrogen-bond acceptors (Lipinski definition) is 5. The molecule has 0 amide bonds. The number of carbonyl (C=O) groups is 1. The molecule has 0 spiro atoms. The molecule has 4 rings (SSSR count). The van der Waals surface area contributed by atoms with E-state index in [0.717, 1.165) is 0 Å². The van der Waals surface area contributed by atoms with Gasteiger partial charge in [0, 0.05) is 6.08 Å². The average molecular weight is 401 g/mol. The molecule has 0 fully saturated rings.